The van der Waals surface area contributed by atoms with Gasteiger partial charge in [0, 0.05) is 11.4 Å². The molecule has 6 heteroatoms. The monoisotopic (exact) mass is 370 g/mol. The van der Waals surface area contributed by atoms with Gasteiger partial charge in [0.1, 0.15) is 6.61 Å². The van der Waals surface area contributed by atoms with Crippen molar-refractivity contribution in [3.05, 3.63) is 59.3 Å². The van der Waals surface area contributed by atoms with Gasteiger partial charge in [-0.3, -0.25) is 0 Å². The van der Waals surface area contributed by atoms with Crippen LogP contribution in [0.5, 0.6) is 0 Å². The number of hydrogen-bond donors (Lipinski definition) is 2. The van der Waals surface area contributed by atoms with Crippen LogP contribution in [0.3, 0.4) is 0 Å². The van der Waals surface area contributed by atoms with Gasteiger partial charge in [0.15, 0.2) is 0 Å². The molecule has 2 amide bonds. The van der Waals surface area contributed by atoms with E-state index in [2.05, 4.69) is 17.6 Å². The summed E-state index contributed by atoms with van der Waals surface area (Å²) in [5.41, 5.74) is 1.86. The van der Waals surface area contributed by atoms with Gasteiger partial charge < -0.3 is 15.4 Å². The van der Waals surface area contributed by atoms with Crippen LogP contribution in [-0.4, -0.2) is 30.1 Å². The van der Waals surface area contributed by atoms with Crippen LogP contribution in [0.4, 0.5) is 4.79 Å². The fraction of sp³-hybridized carbons (Fsp3) is 0.300. The number of ether oxygens (including phenoxy) is 1. The number of amides is 2. The molecule has 0 radical (unpaired) electrons. The third kappa shape index (κ3) is 3.85. The first kappa shape index (κ1) is 18.3. The van der Waals surface area contributed by atoms with Crippen molar-refractivity contribution in [3.8, 4) is 0 Å². The third-order valence-corrected chi connectivity index (χ3v) is 5.15. The van der Waals surface area contributed by atoms with Crippen molar-refractivity contribution in [2.24, 2.45) is 0 Å². The fourth-order valence-corrected chi connectivity index (χ4v) is 3.61. The highest BCUT2D eigenvalue weighted by atomic mass is 32.2. The molecule has 2 N–H and O–H groups in total. The van der Waals surface area contributed by atoms with Crippen LogP contribution in [0.1, 0.15) is 25.5 Å². The Hall–Kier alpha value is -2.47. The van der Waals surface area contributed by atoms with Gasteiger partial charge in [0.25, 0.3) is 0 Å². The van der Waals surface area contributed by atoms with Crippen LogP contribution >= 0.6 is 11.8 Å². The highest BCUT2D eigenvalue weighted by Gasteiger charge is 2.32. The highest BCUT2D eigenvalue weighted by Crippen LogP contribution is 2.32. The molecule has 26 heavy (non-hydrogen) atoms. The van der Waals surface area contributed by atoms with Crippen LogP contribution in [0, 0.1) is 0 Å². The lowest BCUT2D eigenvalue weighted by molar-refractivity contribution is -0.138. The fourth-order valence-electron chi connectivity index (χ4n) is 3.12. The van der Waals surface area contributed by atoms with Gasteiger partial charge in [-0.05, 0) is 29.0 Å². The summed E-state index contributed by atoms with van der Waals surface area (Å²) in [5.74, 6) is 1.34. The average Bonchev–Trinajstić information content (AvgIpc) is 2.64. The number of fused-ring (bicyclic) bond motifs is 1. The first-order valence-corrected chi connectivity index (χ1v) is 9.78. The Balaban J connectivity index is 1.96. The molecule has 1 aliphatic rings. The van der Waals surface area contributed by atoms with E-state index in [0.717, 1.165) is 27.8 Å². The smallest absolute Gasteiger partial charge is 0.338 e. The summed E-state index contributed by atoms with van der Waals surface area (Å²) < 4.78 is 5.44. The van der Waals surface area contributed by atoms with E-state index < -0.39 is 12.0 Å². The van der Waals surface area contributed by atoms with Crippen molar-refractivity contribution in [1.82, 2.24) is 10.6 Å². The zero-order valence-corrected chi connectivity index (χ0v) is 15.7. The molecule has 1 atom stereocenters. The lowest BCUT2D eigenvalue weighted by atomic mass is 9.91. The number of thioether (sulfide) groups is 1. The maximum atomic E-state index is 12.7. The minimum atomic E-state index is -0.541. The molecule has 0 saturated carbocycles. The second-order valence-electron chi connectivity index (χ2n) is 5.97. The normalized spacial score (nSPS) is 17.0. The van der Waals surface area contributed by atoms with Gasteiger partial charge in [-0.25, -0.2) is 9.59 Å². The zero-order valence-electron chi connectivity index (χ0n) is 14.9. The third-order valence-electron chi connectivity index (χ3n) is 4.29. The molecule has 0 bridgehead atoms. The molecule has 3 rings (SSSR count). The largest absolute Gasteiger partial charge is 0.461 e. The summed E-state index contributed by atoms with van der Waals surface area (Å²) in [6.07, 6.45) is 0. The second kappa shape index (κ2) is 8.27. The molecule has 1 heterocycles. The standard InChI is InChI=1S/C20H22N2O3S/c1-3-26-12-11-25-19(23)17-13(2)21-20(24)22-18(17)16-10-6-8-14-7-4-5-9-15(14)16/h4-10,18H,3,11-12H2,1-2H3,(H2,21,22,24)/t18-/m1/s1. The summed E-state index contributed by atoms with van der Waals surface area (Å²) in [4.78, 5) is 24.8. The Morgan fingerprint density at radius 1 is 1.19 bits per heavy atom. The van der Waals surface area contributed by atoms with Gasteiger partial charge in [0.05, 0.1) is 11.6 Å². The number of nitrogens with one attached hydrogen (secondary N) is 2. The topological polar surface area (TPSA) is 67.4 Å². The lowest BCUT2D eigenvalue weighted by Crippen LogP contribution is -2.45. The van der Waals surface area contributed by atoms with E-state index >= 15 is 0 Å². The van der Waals surface area contributed by atoms with Crippen LogP contribution < -0.4 is 10.6 Å². The first-order valence-electron chi connectivity index (χ1n) is 8.62. The summed E-state index contributed by atoms with van der Waals surface area (Å²) in [7, 11) is 0. The van der Waals surface area contributed by atoms with E-state index in [0.29, 0.717) is 17.9 Å². The predicted molar refractivity (Wildman–Crippen MR) is 105 cm³/mol. The maximum Gasteiger partial charge on any atom is 0.338 e. The Morgan fingerprint density at radius 3 is 2.77 bits per heavy atom. The number of carbonyl (C=O) groups is 2. The van der Waals surface area contributed by atoms with Crippen LogP contribution in [-0.2, 0) is 9.53 Å². The summed E-state index contributed by atoms with van der Waals surface area (Å²) in [6.45, 7) is 4.15. The van der Waals surface area contributed by atoms with Crippen molar-refractivity contribution in [1.29, 1.82) is 0 Å². The highest BCUT2D eigenvalue weighted by molar-refractivity contribution is 7.99. The Bertz CT molecular complexity index is 858. The van der Waals surface area contributed by atoms with E-state index in [9.17, 15) is 9.59 Å². The molecule has 1 aliphatic heterocycles. The summed E-state index contributed by atoms with van der Waals surface area (Å²) in [5, 5.41) is 7.62. The van der Waals surface area contributed by atoms with Gasteiger partial charge >= 0.3 is 12.0 Å². The quantitative estimate of drug-likeness (QED) is 0.600. The number of rotatable bonds is 6. The van der Waals surface area contributed by atoms with Crippen molar-refractivity contribution in [3.63, 3.8) is 0 Å². The van der Waals surface area contributed by atoms with Gasteiger partial charge in [-0.15, -0.1) is 0 Å². The number of carbonyl (C=O) groups excluding carboxylic acids is 2. The Labute approximate surface area is 157 Å². The van der Waals surface area contributed by atoms with Crippen molar-refractivity contribution < 1.29 is 14.3 Å². The minimum Gasteiger partial charge on any atom is -0.461 e. The van der Waals surface area contributed by atoms with E-state index in [-0.39, 0.29) is 6.03 Å². The summed E-state index contributed by atoms with van der Waals surface area (Å²) >= 11 is 1.72. The van der Waals surface area contributed by atoms with E-state index in [1.807, 2.05) is 42.5 Å². The predicted octanol–water partition coefficient (Wildman–Crippen LogP) is 3.76. The molecule has 2 aromatic carbocycles. The van der Waals surface area contributed by atoms with Gasteiger partial charge in [0.2, 0.25) is 0 Å². The van der Waals surface area contributed by atoms with Gasteiger partial charge in [-0.2, -0.15) is 11.8 Å². The molecular weight excluding hydrogens is 348 g/mol. The average molecular weight is 370 g/mol. The molecular formula is C20H22N2O3S. The number of hydrogen-bond acceptors (Lipinski definition) is 4. The van der Waals surface area contributed by atoms with Crippen molar-refractivity contribution >= 4 is 34.5 Å². The molecule has 2 aromatic rings. The van der Waals surface area contributed by atoms with Crippen molar-refractivity contribution in [2.75, 3.05) is 18.1 Å². The number of benzene rings is 2. The lowest BCUT2D eigenvalue weighted by Gasteiger charge is -2.29. The van der Waals surface area contributed by atoms with Crippen LogP contribution in [0.2, 0.25) is 0 Å². The van der Waals surface area contributed by atoms with Crippen LogP contribution in [0.25, 0.3) is 10.8 Å². The molecule has 0 spiro atoms. The SMILES string of the molecule is CCSCCOC(=O)C1=C(C)NC(=O)N[C@@H]1c1cccc2ccccc12. The first-order chi connectivity index (χ1) is 12.6. The molecule has 136 valence electrons. The minimum absolute atomic E-state index is 0.321. The second-order valence-corrected chi connectivity index (χ2v) is 7.37. The van der Waals surface area contributed by atoms with E-state index in [4.69, 9.17) is 4.74 Å². The molecule has 5 nitrogen and oxygen atoms in total. The number of allylic oxidation sites excluding steroid dienone is 1. The Kier molecular flexibility index (Phi) is 5.83. The molecule has 0 unspecified atom stereocenters. The molecule has 0 aliphatic carbocycles. The molecule has 0 saturated heterocycles. The number of esters is 1. The maximum absolute atomic E-state index is 12.7. The molecule has 0 aromatic heterocycles. The van der Waals surface area contributed by atoms with E-state index in [1.165, 1.54) is 0 Å². The molecule has 0 fully saturated rings. The van der Waals surface area contributed by atoms with Gasteiger partial charge in [-0.1, -0.05) is 49.4 Å². The van der Waals surface area contributed by atoms with Crippen molar-refractivity contribution in [2.45, 2.75) is 19.9 Å². The number of urea groups is 1. The van der Waals surface area contributed by atoms with E-state index in [1.54, 1.807) is 18.7 Å². The van der Waals surface area contributed by atoms with Crippen LogP contribution in [0.15, 0.2) is 53.7 Å². The zero-order chi connectivity index (χ0) is 18.5. The Morgan fingerprint density at radius 2 is 1.96 bits per heavy atom. The summed E-state index contributed by atoms with van der Waals surface area (Å²) in [6, 6.07) is 12.9.